The van der Waals surface area contributed by atoms with E-state index in [1.54, 1.807) is 0 Å². The Hall–Kier alpha value is -1.29. The Balaban J connectivity index is 3.97. The van der Waals surface area contributed by atoms with E-state index in [9.17, 15) is 8.78 Å². The number of hydrogen-bond acceptors (Lipinski definition) is 2. The number of aliphatic hydroxyl groups excluding tert-OH is 2. The second-order valence-corrected chi connectivity index (χ2v) is 3.03. The van der Waals surface area contributed by atoms with E-state index < -0.39 is 27.1 Å². The van der Waals surface area contributed by atoms with Crippen LogP contribution < -0.4 is 10.4 Å². The Labute approximate surface area is 83.4 Å². The van der Waals surface area contributed by atoms with Crippen molar-refractivity contribution in [3.8, 4) is 0 Å². The number of benzene rings is 1. The number of halogens is 3. The maximum atomic E-state index is 13.3. The van der Waals surface area contributed by atoms with Crippen molar-refractivity contribution in [3.05, 3.63) is 32.7 Å². The van der Waals surface area contributed by atoms with Gasteiger partial charge in [-0.25, -0.2) is 8.78 Å². The predicted octanol–water partition coefficient (Wildman–Crippen LogP) is 1.52. The molecule has 0 fully saturated rings. The molecule has 0 saturated heterocycles. The third kappa shape index (κ3) is 1.42. The van der Waals surface area contributed by atoms with Gasteiger partial charge in [-0.2, -0.15) is 0 Å². The quantitative estimate of drug-likeness (QED) is 0.651. The van der Waals surface area contributed by atoms with Crippen molar-refractivity contribution in [1.29, 1.82) is 0 Å². The summed E-state index contributed by atoms with van der Waals surface area (Å²) < 4.78 is 26.6. The zero-order valence-corrected chi connectivity index (χ0v) is 7.94. The lowest BCUT2D eigenvalue weighted by molar-refractivity contribution is 0.512. The highest BCUT2D eigenvalue weighted by molar-refractivity contribution is 6.31. The summed E-state index contributed by atoms with van der Waals surface area (Å²) in [4.78, 5) is 0. The van der Waals surface area contributed by atoms with Gasteiger partial charge in [-0.05, 0) is 6.92 Å². The highest BCUT2D eigenvalue weighted by atomic mass is 35.5. The molecule has 0 radical (unpaired) electrons. The van der Waals surface area contributed by atoms with Crippen LogP contribution in [0.25, 0.3) is 12.5 Å². The fraction of sp³-hybridized carbons (Fsp3) is 0.111. The molecule has 0 spiro atoms. The summed E-state index contributed by atoms with van der Waals surface area (Å²) in [5.74, 6) is -1.83. The van der Waals surface area contributed by atoms with E-state index >= 15 is 0 Å². The number of hydrogen-bond donors (Lipinski definition) is 2. The Bertz CT molecular complexity index is 438. The summed E-state index contributed by atoms with van der Waals surface area (Å²) in [7, 11) is 0. The van der Waals surface area contributed by atoms with E-state index in [0.717, 1.165) is 0 Å². The predicted molar refractivity (Wildman–Crippen MR) is 49.5 cm³/mol. The molecule has 76 valence electrons. The van der Waals surface area contributed by atoms with Gasteiger partial charge < -0.3 is 10.2 Å². The summed E-state index contributed by atoms with van der Waals surface area (Å²) in [5, 5.41) is 16.0. The Morgan fingerprint density at radius 1 is 1.07 bits per heavy atom. The van der Waals surface area contributed by atoms with Crippen LogP contribution in [0.4, 0.5) is 8.78 Å². The average Bonchev–Trinajstić information content (AvgIpc) is 2.20. The lowest BCUT2D eigenvalue weighted by Crippen LogP contribution is -2.33. The van der Waals surface area contributed by atoms with Crippen LogP contribution in [0.5, 0.6) is 0 Å². The fourth-order valence-electron chi connectivity index (χ4n) is 1.07. The molecule has 0 aliphatic rings. The third-order valence-corrected chi connectivity index (χ3v) is 2.32. The molecule has 5 heteroatoms. The first-order valence-corrected chi connectivity index (χ1v) is 4.04. The molecular weight excluding hydrogens is 214 g/mol. The molecule has 0 bridgehead atoms. The lowest BCUT2D eigenvalue weighted by Gasteiger charge is -2.02. The molecule has 0 aliphatic carbocycles. The van der Waals surface area contributed by atoms with Gasteiger partial charge in [-0.1, -0.05) is 11.6 Å². The van der Waals surface area contributed by atoms with Gasteiger partial charge in [0.15, 0.2) is 5.82 Å². The first kappa shape index (κ1) is 10.8. The monoisotopic (exact) mass is 220 g/mol. The van der Waals surface area contributed by atoms with Crippen LogP contribution >= 0.6 is 11.6 Å². The average molecular weight is 221 g/mol. The van der Waals surface area contributed by atoms with E-state index in [4.69, 9.17) is 21.8 Å². The van der Waals surface area contributed by atoms with Crippen LogP contribution in [0.1, 0.15) is 5.56 Å². The van der Waals surface area contributed by atoms with Gasteiger partial charge in [0.1, 0.15) is 5.82 Å². The molecule has 0 aromatic heterocycles. The maximum Gasteiger partial charge on any atom is 0.153 e. The van der Waals surface area contributed by atoms with Crippen LogP contribution in [-0.2, 0) is 0 Å². The smallest absolute Gasteiger partial charge is 0.153 e. The number of rotatable bonds is 0. The first-order valence-electron chi connectivity index (χ1n) is 3.66. The molecule has 2 nitrogen and oxygen atoms in total. The second-order valence-electron chi connectivity index (χ2n) is 2.65. The van der Waals surface area contributed by atoms with Crippen molar-refractivity contribution in [2.75, 3.05) is 0 Å². The molecule has 0 atom stereocenters. The Kier molecular flexibility index (Phi) is 2.96. The molecule has 0 aliphatic heterocycles. The molecule has 1 rings (SSSR count). The molecule has 2 N–H and O–H groups in total. The van der Waals surface area contributed by atoms with Gasteiger partial charge in [0.2, 0.25) is 0 Å². The second kappa shape index (κ2) is 3.84. The highest BCUT2D eigenvalue weighted by Gasteiger charge is 2.13. The topological polar surface area (TPSA) is 40.5 Å². The molecule has 0 heterocycles. The Morgan fingerprint density at radius 3 is 1.93 bits per heavy atom. The molecule has 1 aromatic carbocycles. The third-order valence-electron chi connectivity index (χ3n) is 1.87. The highest BCUT2D eigenvalue weighted by Crippen LogP contribution is 2.16. The molecule has 0 unspecified atom stereocenters. The van der Waals surface area contributed by atoms with E-state index in [0.29, 0.717) is 12.5 Å². The first-order chi connectivity index (χ1) is 6.54. The molecule has 0 saturated carbocycles. The van der Waals surface area contributed by atoms with Crippen LogP contribution in [0, 0.1) is 18.6 Å². The summed E-state index contributed by atoms with van der Waals surface area (Å²) in [6, 6.07) is 0. The van der Waals surface area contributed by atoms with E-state index in [1.807, 2.05) is 0 Å². The summed E-state index contributed by atoms with van der Waals surface area (Å²) in [6.45, 7) is 1.27. The van der Waals surface area contributed by atoms with E-state index in [2.05, 4.69) is 0 Å². The molecular formula is C9H7ClF2O2. The molecule has 1 aromatic rings. The van der Waals surface area contributed by atoms with E-state index in [-0.39, 0.29) is 5.56 Å². The summed E-state index contributed by atoms with van der Waals surface area (Å²) >= 11 is 5.45. The lowest BCUT2D eigenvalue weighted by atomic mass is 10.1. The van der Waals surface area contributed by atoms with Crippen LogP contribution in [0.3, 0.4) is 0 Å². The summed E-state index contributed by atoms with van der Waals surface area (Å²) in [6.07, 6.45) is 0.732. The minimum absolute atomic E-state index is 0.116. The fourth-order valence-corrected chi connectivity index (χ4v) is 1.25. The van der Waals surface area contributed by atoms with E-state index in [1.165, 1.54) is 6.92 Å². The van der Waals surface area contributed by atoms with Gasteiger partial charge >= 0.3 is 0 Å². The van der Waals surface area contributed by atoms with Gasteiger partial charge in [0.05, 0.1) is 28.0 Å². The maximum absolute atomic E-state index is 13.3. The van der Waals surface area contributed by atoms with Gasteiger partial charge in [0, 0.05) is 5.56 Å². The Morgan fingerprint density at radius 2 is 1.50 bits per heavy atom. The number of aliphatic hydroxyl groups is 2. The zero-order chi connectivity index (χ0) is 10.9. The van der Waals surface area contributed by atoms with Gasteiger partial charge in [0.25, 0.3) is 0 Å². The van der Waals surface area contributed by atoms with Crippen molar-refractivity contribution in [3.63, 3.8) is 0 Å². The standard InChI is InChI=1S/C9H7ClF2O2/c1-4-7(10)9(12)6(3-14)5(2-13)8(4)11/h2-3,13-14H,1H3. The van der Waals surface area contributed by atoms with Crippen molar-refractivity contribution >= 4 is 24.1 Å². The van der Waals surface area contributed by atoms with Gasteiger partial charge in [-0.15, -0.1) is 0 Å². The molecule has 14 heavy (non-hydrogen) atoms. The zero-order valence-electron chi connectivity index (χ0n) is 7.18. The van der Waals surface area contributed by atoms with Crippen molar-refractivity contribution in [1.82, 2.24) is 0 Å². The minimum atomic E-state index is -0.964. The van der Waals surface area contributed by atoms with Crippen molar-refractivity contribution in [2.45, 2.75) is 6.92 Å². The van der Waals surface area contributed by atoms with Gasteiger partial charge in [-0.3, -0.25) is 0 Å². The minimum Gasteiger partial charge on any atom is -0.515 e. The van der Waals surface area contributed by atoms with Crippen molar-refractivity contribution in [2.24, 2.45) is 0 Å². The molecule has 0 amide bonds. The van der Waals surface area contributed by atoms with Crippen molar-refractivity contribution < 1.29 is 19.0 Å². The van der Waals surface area contributed by atoms with Crippen LogP contribution in [0.15, 0.2) is 0 Å². The van der Waals surface area contributed by atoms with Crippen LogP contribution in [0.2, 0.25) is 5.02 Å². The SMILES string of the molecule is Cc1c(Cl)c(F)c(=CO)c(=CO)c1F. The largest absolute Gasteiger partial charge is 0.515 e. The normalized spacial score (nSPS) is 13.7. The summed E-state index contributed by atoms with van der Waals surface area (Å²) in [5.41, 5.74) is -0.116. The van der Waals surface area contributed by atoms with Crippen LogP contribution in [-0.4, -0.2) is 10.2 Å².